The van der Waals surface area contributed by atoms with Gasteiger partial charge in [-0.2, -0.15) is 5.26 Å². The van der Waals surface area contributed by atoms with E-state index in [1.807, 2.05) is 19.9 Å². The third kappa shape index (κ3) is 2.99. The zero-order valence-corrected chi connectivity index (χ0v) is 11.0. The normalized spacial score (nSPS) is 19.2. The fourth-order valence-electron chi connectivity index (χ4n) is 1.99. The van der Waals surface area contributed by atoms with Crippen molar-refractivity contribution in [1.29, 1.82) is 5.26 Å². The van der Waals surface area contributed by atoms with Crippen molar-refractivity contribution in [3.05, 3.63) is 22.9 Å². The first-order valence-electron chi connectivity index (χ1n) is 5.83. The lowest BCUT2D eigenvalue weighted by atomic mass is 10.1. The van der Waals surface area contributed by atoms with Crippen LogP contribution >= 0.6 is 11.8 Å². The van der Waals surface area contributed by atoms with E-state index < -0.39 is 0 Å². The molecule has 1 aliphatic rings. The van der Waals surface area contributed by atoms with E-state index in [0.717, 1.165) is 41.5 Å². The molecule has 3 nitrogen and oxygen atoms in total. The van der Waals surface area contributed by atoms with Crippen molar-refractivity contribution in [2.24, 2.45) is 0 Å². The summed E-state index contributed by atoms with van der Waals surface area (Å²) in [6.45, 7) is 4.80. The van der Waals surface area contributed by atoms with Crippen LogP contribution in [-0.2, 0) is 4.74 Å². The van der Waals surface area contributed by atoms with Gasteiger partial charge in [-0.3, -0.25) is 0 Å². The number of thioether (sulfide) groups is 1. The molecule has 1 fully saturated rings. The molecule has 1 aromatic heterocycles. The first-order chi connectivity index (χ1) is 8.20. The van der Waals surface area contributed by atoms with Crippen LogP contribution in [0.4, 0.5) is 0 Å². The van der Waals surface area contributed by atoms with Gasteiger partial charge >= 0.3 is 0 Å². The average Bonchev–Trinajstić information content (AvgIpc) is 2.78. The highest BCUT2D eigenvalue weighted by atomic mass is 32.2. The van der Waals surface area contributed by atoms with E-state index in [1.165, 1.54) is 0 Å². The Labute approximate surface area is 106 Å². The monoisotopic (exact) mass is 248 g/mol. The van der Waals surface area contributed by atoms with Gasteiger partial charge in [-0.15, -0.1) is 11.8 Å². The van der Waals surface area contributed by atoms with Crippen LogP contribution in [0.2, 0.25) is 0 Å². The molecule has 1 unspecified atom stereocenters. The zero-order valence-electron chi connectivity index (χ0n) is 10.2. The zero-order chi connectivity index (χ0) is 12.3. The molecule has 2 heterocycles. The van der Waals surface area contributed by atoms with Crippen molar-refractivity contribution in [2.75, 3.05) is 12.4 Å². The molecule has 1 atom stereocenters. The van der Waals surface area contributed by atoms with Crippen molar-refractivity contribution >= 4 is 11.8 Å². The predicted octanol–water partition coefficient (Wildman–Crippen LogP) is 2.84. The minimum Gasteiger partial charge on any atom is -0.377 e. The second kappa shape index (κ2) is 5.52. The van der Waals surface area contributed by atoms with E-state index in [4.69, 9.17) is 10.00 Å². The fourth-order valence-corrected chi connectivity index (χ4v) is 3.16. The lowest BCUT2D eigenvalue weighted by Gasteiger charge is -2.10. The quantitative estimate of drug-likeness (QED) is 0.772. The molecule has 1 aliphatic heterocycles. The molecule has 17 heavy (non-hydrogen) atoms. The lowest BCUT2D eigenvalue weighted by molar-refractivity contribution is 0.129. The van der Waals surface area contributed by atoms with Crippen molar-refractivity contribution in [2.45, 2.75) is 37.8 Å². The van der Waals surface area contributed by atoms with Crippen LogP contribution in [0.25, 0.3) is 0 Å². The number of aromatic nitrogens is 1. The molecule has 0 aliphatic carbocycles. The molecular weight excluding hydrogens is 232 g/mol. The largest absolute Gasteiger partial charge is 0.377 e. The van der Waals surface area contributed by atoms with E-state index in [-0.39, 0.29) is 0 Å². The molecule has 2 rings (SSSR count). The van der Waals surface area contributed by atoms with Crippen LogP contribution < -0.4 is 0 Å². The standard InChI is InChI=1S/C13H16N2OS/c1-9-6-10(2)15-13(12(9)7-14)17-8-11-4-3-5-16-11/h6,11H,3-5,8H2,1-2H3. The van der Waals surface area contributed by atoms with Gasteiger partial charge in [0, 0.05) is 18.1 Å². The summed E-state index contributed by atoms with van der Waals surface area (Å²) in [5.74, 6) is 0.893. The number of ether oxygens (including phenoxy) is 1. The number of pyridine rings is 1. The minimum atomic E-state index is 0.328. The van der Waals surface area contributed by atoms with Crippen LogP contribution in [0, 0.1) is 25.2 Å². The van der Waals surface area contributed by atoms with Crippen molar-refractivity contribution < 1.29 is 4.74 Å². The van der Waals surface area contributed by atoms with Crippen molar-refractivity contribution in [3.8, 4) is 6.07 Å². The first kappa shape index (κ1) is 12.4. The summed E-state index contributed by atoms with van der Waals surface area (Å²) in [6, 6.07) is 4.20. The second-order valence-electron chi connectivity index (χ2n) is 4.32. The molecule has 0 spiro atoms. The second-order valence-corrected chi connectivity index (χ2v) is 5.33. The number of nitrogens with zero attached hydrogens (tertiary/aromatic N) is 2. The Hall–Kier alpha value is -1.05. The first-order valence-corrected chi connectivity index (χ1v) is 6.82. The van der Waals surface area contributed by atoms with Crippen molar-refractivity contribution in [3.63, 3.8) is 0 Å². The number of hydrogen-bond acceptors (Lipinski definition) is 4. The SMILES string of the molecule is Cc1cc(C)c(C#N)c(SCC2CCCO2)n1. The third-order valence-electron chi connectivity index (χ3n) is 2.85. The summed E-state index contributed by atoms with van der Waals surface area (Å²) in [7, 11) is 0. The molecule has 1 aromatic rings. The van der Waals surface area contributed by atoms with Gasteiger partial charge in [0.25, 0.3) is 0 Å². The molecule has 0 amide bonds. The maximum atomic E-state index is 9.15. The van der Waals surface area contributed by atoms with Gasteiger partial charge in [0.15, 0.2) is 0 Å². The number of rotatable bonds is 3. The summed E-state index contributed by atoms with van der Waals surface area (Å²) in [6.07, 6.45) is 2.60. The summed E-state index contributed by atoms with van der Waals surface area (Å²) >= 11 is 1.64. The maximum Gasteiger partial charge on any atom is 0.114 e. The van der Waals surface area contributed by atoms with Crippen LogP contribution in [0.15, 0.2) is 11.1 Å². The highest BCUT2D eigenvalue weighted by Gasteiger charge is 2.17. The third-order valence-corrected chi connectivity index (χ3v) is 3.96. The van der Waals surface area contributed by atoms with Gasteiger partial charge in [-0.05, 0) is 38.3 Å². The Morgan fingerprint density at radius 3 is 3.06 bits per heavy atom. The van der Waals surface area contributed by atoms with Crippen LogP contribution in [0.5, 0.6) is 0 Å². The van der Waals surface area contributed by atoms with E-state index in [1.54, 1.807) is 11.8 Å². The van der Waals surface area contributed by atoms with E-state index in [2.05, 4.69) is 11.1 Å². The van der Waals surface area contributed by atoms with Gasteiger partial charge in [-0.25, -0.2) is 4.98 Å². The summed E-state index contributed by atoms with van der Waals surface area (Å²) in [5, 5.41) is 10.00. The van der Waals surface area contributed by atoms with Gasteiger partial charge in [0.05, 0.1) is 11.7 Å². The highest BCUT2D eigenvalue weighted by molar-refractivity contribution is 7.99. The minimum absolute atomic E-state index is 0.328. The number of nitriles is 1. The molecule has 0 aromatic carbocycles. The highest BCUT2D eigenvalue weighted by Crippen LogP contribution is 2.26. The number of hydrogen-bond donors (Lipinski definition) is 0. The van der Waals surface area contributed by atoms with Gasteiger partial charge in [0.2, 0.25) is 0 Å². The maximum absolute atomic E-state index is 9.15. The van der Waals surface area contributed by atoms with Crippen LogP contribution in [-0.4, -0.2) is 23.4 Å². The molecule has 4 heteroatoms. The van der Waals surface area contributed by atoms with Crippen LogP contribution in [0.1, 0.15) is 29.7 Å². The Kier molecular flexibility index (Phi) is 4.03. The average molecular weight is 248 g/mol. The molecular formula is C13H16N2OS. The smallest absolute Gasteiger partial charge is 0.114 e. The topological polar surface area (TPSA) is 45.9 Å². The van der Waals surface area contributed by atoms with E-state index in [9.17, 15) is 0 Å². The summed E-state index contributed by atoms with van der Waals surface area (Å²) in [4.78, 5) is 4.45. The van der Waals surface area contributed by atoms with Gasteiger partial charge in [-0.1, -0.05) is 0 Å². The van der Waals surface area contributed by atoms with Gasteiger partial charge < -0.3 is 4.74 Å². The molecule has 0 N–H and O–H groups in total. The molecule has 0 bridgehead atoms. The van der Waals surface area contributed by atoms with E-state index >= 15 is 0 Å². The summed E-state index contributed by atoms with van der Waals surface area (Å²) < 4.78 is 5.58. The molecule has 1 saturated heterocycles. The molecule has 0 radical (unpaired) electrons. The molecule has 90 valence electrons. The predicted molar refractivity (Wildman–Crippen MR) is 68.1 cm³/mol. The van der Waals surface area contributed by atoms with Crippen LogP contribution in [0.3, 0.4) is 0 Å². The molecule has 0 saturated carbocycles. The van der Waals surface area contributed by atoms with E-state index in [0.29, 0.717) is 11.7 Å². The lowest BCUT2D eigenvalue weighted by Crippen LogP contribution is -2.08. The van der Waals surface area contributed by atoms with Crippen molar-refractivity contribution in [1.82, 2.24) is 4.98 Å². The Balaban J connectivity index is 2.11. The Morgan fingerprint density at radius 2 is 2.41 bits per heavy atom. The Morgan fingerprint density at radius 1 is 1.59 bits per heavy atom. The van der Waals surface area contributed by atoms with Gasteiger partial charge in [0.1, 0.15) is 11.1 Å². The summed E-state index contributed by atoms with van der Waals surface area (Å²) in [5.41, 5.74) is 2.68. The number of aryl methyl sites for hydroxylation is 2. The fraction of sp³-hybridized carbons (Fsp3) is 0.538. The Bertz CT molecular complexity index is 447.